The number of nitrogens with zero attached hydrogens (tertiary/aromatic N) is 1. The van der Waals surface area contributed by atoms with Crippen molar-refractivity contribution in [3.8, 4) is 23.3 Å². The predicted molar refractivity (Wildman–Crippen MR) is 171 cm³/mol. The lowest BCUT2D eigenvalue weighted by Gasteiger charge is -2.14. The molecule has 0 spiro atoms. The fraction of sp³-hybridized carbons (Fsp3) is 0.125. The number of anilines is 1. The number of rotatable bonds is 10. The molecule has 0 atom stereocenters. The number of halogens is 3. The summed E-state index contributed by atoms with van der Waals surface area (Å²) < 4.78 is 18.1. The number of ether oxygens (including phenoxy) is 3. The Kier molecular flexibility index (Phi) is 10.5. The maximum atomic E-state index is 12.9. The third-order valence-corrected chi connectivity index (χ3v) is 7.34. The minimum atomic E-state index is -0.535. The number of methoxy groups -OCH3 is 1. The first-order chi connectivity index (χ1) is 19.7. The SMILES string of the molecule is COc1cc(/C=C(\C#N)C(=O)Nc2ccc(OCc3ccc(C)cc3)cc2)cc(I)c1OCc1ccc(Cl)cc1Cl. The highest BCUT2D eigenvalue weighted by Gasteiger charge is 2.15. The second-order valence-electron chi connectivity index (χ2n) is 8.98. The van der Waals surface area contributed by atoms with Crippen LogP contribution in [0, 0.1) is 21.8 Å². The molecule has 0 radical (unpaired) electrons. The number of carbonyl (C=O) groups is 1. The van der Waals surface area contributed by atoms with Crippen molar-refractivity contribution in [2.75, 3.05) is 12.4 Å². The highest BCUT2D eigenvalue weighted by molar-refractivity contribution is 14.1. The molecule has 0 bridgehead atoms. The first-order valence-corrected chi connectivity index (χ1v) is 14.2. The fourth-order valence-electron chi connectivity index (χ4n) is 3.75. The van der Waals surface area contributed by atoms with E-state index in [-0.39, 0.29) is 12.2 Å². The monoisotopic (exact) mass is 698 g/mol. The Balaban J connectivity index is 1.42. The van der Waals surface area contributed by atoms with Crippen molar-refractivity contribution in [2.24, 2.45) is 0 Å². The van der Waals surface area contributed by atoms with E-state index < -0.39 is 5.91 Å². The Bertz CT molecular complexity index is 1620. The molecular formula is C32H25Cl2IN2O4. The summed E-state index contributed by atoms with van der Waals surface area (Å²) in [6.07, 6.45) is 1.50. The molecule has 1 N–H and O–H groups in total. The quantitative estimate of drug-likeness (QED) is 0.102. The van der Waals surface area contributed by atoms with Gasteiger partial charge in [0, 0.05) is 21.3 Å². The molecule has 208 valence electrons. The van der Waals surface area contributed by atoms with E-state index in [0.717, 1.165) is 14.7 Å². The molecule has 1 amide bonds. The van der Waals surface area contributed by atoms with Crippen molar-refractivity contribution in [3.05, 3.63) is 120 Å². The van der Waals surface area contributed by atoms with Crippen LogP contribution < -0.4 is 19.5 Å². The van der Waals surface area contributed by atoms with Gasteiger partial charge in [-0.1, -0.05) is 59.1 Å². The van der Waals surface area contributed by atoms with Crippen molar-refractivity contribution < 1.29 is 19.0 Å². The summed E-state index contributed by atoms with van der Waals surface area (Å²) in [6, 6.07) is 25.8. The average molecular weight is 699 g/mol. The van der Waals surface area contributed by atoms with Gasteiger partial charge in [0.25, 0.3) is 5.91 Å². The van der Waals surface area contributed by atoms with Crippen molar-refractivity contribution >= 4 is 63.5 Å². The van der Waals surface area contributed by atoms with Gasteiger partial charge in [0.1, 0.15) is 30.6 Å². The highest BCUT2D eigenvalue weighted by atomic mass is 127. The van der Waals surface area contributed by atoms with Crippen LogP contribution >= 0.6 is 45.8 Å². The lowest BCUT2D eigenvalue weighted by atomic mass is 10.1. The largest absolute Gasteiger partial charge is 0.493 e. The zero-order valence-corrected chi connectivity index (χ0v) is 25.9. The molecule has 0 saturated carbocycles. The van der Waals surface area contributed by atoms with E-state index in [1.807, 2.05) is 37.3 Å². The summed E-state index contributed by atoms with van der Waals surface area (Å²) in [4.78, 5) is 12.9. The molecule has 0 fully saturated rings. The average Bonchev–Trinajstić information content (AvgIpc) is 2.96. The second-order valence-corrected chi connectivity index (χ2v) is 11.0. The van der Waals surface area contributed by atoms with E-state index in [0.29, 0.717) is 45.2 Å². The van der Waals surface area contributed by atoms with E-state index in [1.165, 1.54) is 18.7 Å². The molecule has 4 rings (SSSR count). The maximum absolute atomic E-state index is 12.9. The third kappa shape index (κ3) is 8.40. The van der Waals surface area contributed by atoms with E-state index in [1.54, 1.807) is 54.6 Å². The van der Waals surface area contributed by atoms with Crippen LogP contribution in [0.15, 0.2) is 84.4 Å². The highest BCUT2D eigenvalue weighted by Crippen LogP contribution is 2.36. The fourth-order valence-corrected chi connectivity index (χ4v) is 5.00. The summed E-state index contributed by atoms with van der Waals surface area (Å²) in [5.74, 6) is 1.10. The van der Waals surface area contributed by atoms with Gasteiger partial charge in [-0.3, -0.25) is 4.79 Å². The standard InChI is InChI=1S/C32H25Cl2IN2O4/c1-20-3-5-21(6-4-20)18-40-27-11-9-26(10-12-27)37-32(38)24(17-36)13-22-14-29(35)31(30(15-22)39-2)41-19-23-7-8-25(33)16-28(23)34/h3-16H,18-19H2,1-2H3,(H,37,38)/b24-13+. The van der Waals surface area contributed by atoms with Gasteiger partial charge >= 0.3 is 0 Å². The van der Waals surface area contributed by atoms with Gasteiger partial charge in [-0.15, -0.1) is 0 Å². The van der Waals surface area contributed by atoms with Gasteiger partial charge < -0.3 is 19.5 Å². The Morgan fingerprint density at radius 2 is 1.71 bits per heavy atom. The first kappa shape index (κ1) is 30.3. The summed E-state index contributed by atoms with van der Waals surface area (Å²) in [5, 5.41) is 13.5. The van der Waals surface area contributed by atoms with Gasteiger partial charge in [0.15, 0.2) is 11.5 Å². The van der Waals surface area contributed by atoms with Crippen LogP contribution in [0.1, 0.15) is 22.3 Å². The molecule has 0 saturated heterocycles. The van der Waals surface area contributed by atoms with Crippen LogP contribution in [-0.2, 0) is 18.0 Å². The van der Waals surface area contributed by atoms with Crippen LogP contribution in [0.3, 0.4) is 0 Å². The van der Waals surface area contributed by atoms with Crippen molar-refractivity contribution in [1.29, 1.82) is 5.26 Å². The third-order valence-electron chi connectivity index (χ3n) is 5.95. The molecule has 41 heavy (non-hydrogen) atoms. The van der Waals surface area contributed by atoms with Crippen LogP contribution in [0.25, 0.3) is 6.08 Å². The number of nitrogens with one attached hydrogen (secondary N) is 1. The predicted octanol–water partition coefficient (Wildman–Crippen LogP) is 8.62. The number of benzene rings is 4. The number of hydrogen-bond donors (Lipinski definition) is 1. The van der Waals surface area contributed by atoms with Crippen molar-refractivity contribution in [2.45, 2.75) is 20.1 Å². The number of carbonyl (C=O) groups excluding carboxylic acids is 1. The summed E-state index contributed by atoms with van der Waals surface area (Å²) in [7, 11) is 1.52. The van der Waals surface area contributed by atoms with Crippen LogP contribution in [0.5, 0.6) is 17.2 Å². The van der Waals surface area contributed by atoms with E-state index in [9.17, 15) is 10.1 Å². The van der Waals surface area contributed by atoms with Crippen molar-refractivity contribution in [3.63, 3.8) is 0 Å². The summed E-state index contributed by atoms with van der Waals surface area (Å²) in [5.41, 5.74) is 4.10. The lowest BCUT2D eigenvalue weighted by molar-refractivity contribution is -0.112. The number of nitriles is 1. The van der Waals surface area contributed by atoms with Crippen molar-refractivity contribution in [1.82, 2.24) is 0 Å². The molecule has 4 aromatic carbocycles. The smallest absolute Gasteiger partial charge is 0.266 e. The molecule has 0 aliphatic rings. The molecule has 0 aliphatic heterocycles. The molecule has 0 aromatic heterocycles. The molecule has 6 nitrogen and oxygen atoms in total. The van der Waals surface area contributed by atoms with E-state index in [4.69, 9.17) is 37.4 Å². The maximum Gasteiger partial charge on any atom is 0.266 e. The summed E-state index contributed by atoms with van der Waals surface area (Å²) >= 11 is 14.4. The Labute approximate surface area is 262 Å². The topological polar surface area (TPSA) is 80.6 Å². The van der Waals surface area contributed by atoms with Crippen LogP contribution in [0.4, 0.5) is 5.69 Å². The zero-order chi connectivity index (χ0) is 29.4. The van der Waals surface area contributed by atoms with Gasteiger partial charge in [-0.2, -0.15) is 5.26 Å². The first-order valence-electron chi connectivity index (χ1n) is 12.4. The van der Waals surface area contributed by atoms with Gasteiger partial charge in [0.2, 0.25) is 0 Å². The van der Waals surface area contributed by atoms with E-state index in [2.05, 4.69) is 27.9 Å². The zero-order valence-electron chi connectivity index (χ0n) is 22.2. The second kappa shape index (κ2) is 14.3. The molecule has 0 heterocycles. The molecule has 0 unspecified atom stereocenters. The molecule has 9 heteroatoms. The molecular weight excluding hydrogens is 674 g/mol. The van der Waals surface area contributed by atoms with Gasteiger partial charge in [-0.25, -0.2) is 0 Å². The number of aryl methyl sites for hydroxylation is 1. The van der Waals surface area contributed by atoms with E-state index >= 15 is 0 Å². The molecule has 4 aromatic rings. The Morgan fingerprint density at radius 1 is 0.976 bits per heavy atom. The normalized spacial score (nSPS) is 11.0. The minimum Gasteiger partial charge on any atom is -0.493 e. The summed E-state index contributed by atoms with van der Waals surface area (Å²) in [6.45, 7) is 2.68. The van der Waals surface area contributed by atoms with Gasteiger partial charge in [0.05, 0.1) is 10.7 Å². The molecule has 0 aliphatic carbocycles. The lowest BCUT2D eigenvalue weighted by Crippen LogP contribution is -2.13. The number of amides is 1. The minimum absolute atomic E-state index is 0.0656. The Morgan fingerprint density at radius 3 is 2.37 bits per heavy atom. The Hall–Kier alpha value is -3.71. The van der Waals surface area contributed by atoms with Crippen LogP contribution in [-0.4, -0.2) is 13.0 Å². The number of hydrogen-bond acceptors (Lipinski definition) is 5. The van der Waals surface area contributed by atoms with Gasteiger partial charge in [-0.05, 0) is 95.2 Å². The van der Waals surface area contributed by atoms with Crippen LogP contribution in [0.2, 0.25) is 10.0 Å².